The summed E-state index contributed by atoms with van der Waals surface area (Å²) >= 11 is 3.19. The summed E-state index contributed by atoms with van der Waals surface area (Å²) in [6, 6.07) is 4.78. The van der Waals surface area contributed by atoms with Crippen LogP contribution in [0.3, 0.4) is 0 Å². The predicted molar refractivity (Wildman–Crippen MR) is 86.0 cm³/mol. The quantitative estimate of drug-likeness (QED) is 0.648. The Bertz CT molecular complexity index is 541. The van der Waals surface area contributed by atoms with Gasteiger partial charge in [0.15, 0.2) is 0 Å². The van der Waals surface area contributed by atoms with Gasteiger partial charge in [-0.2, -0.15) is 0 Å². The van der Waals surface area contributed by atoms with Crippen LogP contribution in [0.25, 0.3) is 0 Å². The van der Waals surface area contributed by atoms with Crippen molar-refractivity contribution in [1.29, 1.82) is 0 Å². The Morgan fingerprint density at radius 2 is 2.24 bits per heavy atom. The molecule has 1 aromatic carbocycles. The van der Waals surface area contributed by atoms with E-state index in [-0.39, 0.29) is 35.6 Å². The second-order valence-electron chi connectivity index (χ2n) is 4.80. The molecule has 0 bridgehead atoms. The zero-order valence-electron chi connectivity index (χ0n) is 11.5. The average Bonchev–Trinajstić information content (AvgIpc) is 2.46. The lowest BCUT2D eigenvalue weighted by molar-refractivity contribution is -0.385. The third-order valence-corrected chi connectivity index (χ3v) is 4.00. The van der Waals surface area contributed by atoms with Crippen molar-refractivity contribution in [1.82, 2.24) is 10.2 Å². The second kappa shape index (κ2) is 7.72. The fraction of sp³-hybridized carbons (Fsp3) is 0.462. The van der Waals surface area contributed by atoms with Crippen molar-refractivity contribution in [2.24, 2.45) is 0 Å². The molecule has 1 fully saturated rings. The Balaban J connectivity index is 0.00000220. The fourth-order valence-electron chi connectivity index (χ4n) is 2.40. The second-order valence-corrected chi connectivity index (χ2v) is 5.71. The van der Waals surface area contributed by atoms with Crippen LogP contribution < -0.4 is 5.32 Å². The zero-order chi connectivity index (χ0) is 14.7. The van der Waals surface area contributed by atoms with E-state index in [0.717, 1.165) is 12.8 Å². The fourth-order valence-corrected chi connectivity index (χ4v) is 2.75. The lowest BCUT2D eigenvalue weighted by atomic mass is 10.0. The highest BCUT2D eigenvalue weighted by Gasteiger charge is 2.28. The number of nitro groups is 1. The van der Waals surface area contributed by atoms with Crippen molar-refractivity contribution < 1.29 is 9.72 Å². The molecular weight excluding hydrogens is 362 g/mol. The predicted octanol–water partition coefficient (Wildman–Crippen LogP) is 2.60. The summed E-state index contributed by atoms with van der Waals surface area (Å²) in [7, 11) is 1.86. The Morgan fingerprint density at radius 3 is 2.86 bits per heavy atom. The van der Waals surface area contributed by atoms with E-state index in [2.05, 4.69) is 21.2 Å². The summed E-state index contributed by atoms with van der Waals surface area (Å²) in [5, 5.41) is 14.2. The summed E-state index contributed by atoms with van der Waals surface area (Å²) < 4.78 is 0.590. The van der Waals surface area contributed by atoms with Crippen molar-refractivity contribution >= 4 is 39.9 Å². The molecule has 6 nitrogen and oxygen atoms in total. The van der Waals surface area contributed by atoms with Crippen LogP contribution in [-0.4, -0.2) is 41.9 Å². The van der Waals surface area contributed by atoms with Crippen LogP contribution in [0.15, 0.2) is 22.7 Å². The van der Waals surface area contributed by atoms with E-state index in [1.165, 1.54) is 12.1 Å². The van der Waals surface area contributed by atoms with Gasteiger partial charge in [-0.15, -0.1) is 12.4 Å². The van der Waals surface area contributed by atoms with Gasteiger partial charge in [-0.1, -0.05) is 15.9 Å². The molecule has 2 rings (SSSR count). The monoisotopic (exact) mass is 377 g/mol. The minimum Gasteiger partial charge on any atom is -0.337 e. The number of benzene rings is 1. The maximum absolute atomic E-state index is 12.5. The van der Waals surface area contributed by atoms with E-state index in [0.29, 0.717) is 17.6 Å². The highest BCUT2D eigenvalue weighted by Crippen LogP contribution is 2.25. The minimum atomic E-state index is -0.516. The van der Waals surface area contributed by atoms with Crippen LogP contribution in [0, 0.1) is 10.1 Å². The number of piperidine rings is 1. The van der Waals surface area contributed by atoms with Crippen LogP contribution in [0.4, 0.5) is 5.69 Å². The van der Waals surface area contributed by atoms with E-state index in [4.69, 9.17) is 0 Å². The molecule has 1 saturated heterocycles. The first-order valence-electron chi connectivity index (χ1n) is 6.43. The smallest absolute Gasteiger partial charge is 0.283 e. The van der Waals surface area contributed by atoms with E-state index < -0.39 is 4.92 Å². The first kappa shape index (κ1) is 17.9. The van der Waals surface area contributed by atoms with Gasteiger partial charge in [-0.05, 0) is 32.0 Å². The van der Waals surface area contributed by atoms with Gasteiger partial charge in [0, 0.05) is 29.7 Å². The van der Waals surface area contributed by atoms with Gasteiger partial charge in [-0.25, -0.2) is 0 Å². The van der Waals surface area contributed by atoms with Crippen LogP contribution in [-0.2, 0) is 0 Å². The summed E-state index contributed by atoms with van der Waals surface area (Å²) in [6.07, 6.45) is 1.92. The third-order valence-electron chi connectivity index (χ3n) is 3.50. The molecule has 0 radical (unpaired) electrons. The average molecular weight is 379 g/mol. The number of hydrogen-bond donors (Lipinski definition) is 1. The standard InChI is InChI=1S/C13H16BrN3O3.ClH/c1-15-10-3-2-6-16(8-10)13(18)11-5-4-9(14)7-12(11)17(19)20;/h4-5,7,10,15H,2-3,6,8H2,1H3;1H. The molecule has 116 valence electrons. The molecule has 1 atom stereocenters. The first-order chi connectivity index (χ1) is 9.52. The van der Waals surface area contributed by atoms with Gasteiger partial charge in [0.25, 0.3) is 11.6 Å². The summed E-state index contributed by atoms with van der Waals surface area (Å²) in [6.45, 7) is 1.23. The van der Waals surface area contributed by atoms with Gasteiger partial charge in [0.2, 0.25) is 0 Å². The molecule has 8 heteroatoms. The van der Waals surface area contributed by atoms with E-state index in [9.17, 15) is 14.9 Å². The molecule has 1 aliphatic heterocycles. The van der Waals surface area contributed by atoms with Crippen molar-refractivity contribution in [3.63, 3.8) is 0 Å². The molecule has 1 N–H and O–H groups in total. The molecule has 0 spiro atoms. The Morgan fingerprint density at radius 1 is 1.52 bits per heavy atom. The molecule has 0 aromatic heterocycles. The number of likely N-dealkylation sites (N-methyl/N-ethyl adjacent to an activating group) is 1. The summed E-state index contributed by atoms with van der Waals surface area (Å²) in [5.41, 5.74) is -0.00842. The maximum atomic E-state index is 12.5. The number of amides is 1. The first-order valence-corrected chi connectivity index (χ1v) is 7.22. The normalized spacial score (nSPS) is 18.0. The summed E-state index contributed by atoms with van der Waals surface area (Å²) in [4.78, 5) is 24.7. The van der Waals surface area contributed by atoms with Gasteiger partial charge in [0.1, 0.15) is 5.56 Å². The molecule has 1 heterocycles. The van der Waals surface area contributed by atoms with Crippen LogP contribution >= 0.6 is 28.3 Å². The molecule has 21 heavy (non-hydrogen) atoms. The topological polar surface area (TPSA) is 75.5 Å². The van der Waals surface area contributed by atoms with Crippen molar-refractivity contribution in [2.75, 3.05) is 20.1 Å². The number of rotatable bonds is 3. The van der Waals surface area contributed by atoms with Gasteiger partial charge < -0.3 is 10.2 Å². The number of halogens is 2. The number of carbonyl (C=O) groups excluding carboxylic acids is 1. The number of nitrogens with zero attached hydrogens (tertiary/aromatic N) is 2. The lowest BCUT2D eigenvalue weighted by Crippen LogP contribution is -2.47. The van der Waals surface area contributed by atoms with Crippen LogP contribution in [0.2, 0.25) is 0 Å². The highest BCUT2D eigenvalue weighted by atomic mass is 79.9. The summed E-state index contributed by atoms with van der Waals surface area (Å²) in [5.74, 6) is -0.274. The number of likely N-dealkylation sites (tertiary alicyclic amines) is 1. The molecule has 1 aromatic rings. The van der Waals surface area contributed by atoms with Crippen molar-refractivity contribution in [3.8, 4) is 0 Å². The zero-order valence-corrected chi connectivity index (χ0v) is 13.9. The Kier molecular flexibility index (Phi) is 6.57. The molecule has 1 amide bonds. The number of nitro benzene ring substituents is 1. The highest BCUT2D eigenvalue weighted by molar-refractivity contribution is 9.10. The van der Waals surface area contributed by atoms with E-state index >= 15 is 0 Å². The minimum absolute atomic E-state index is 0. The molecule has 0 saturated carbocycles. The maximum Gasteiger partial charge on any atom is 0.283 e. The van der Waals surface area contributed by atoms with Crippen LogP contribution in [0.1, 0.15) is 23.2 Å². The number of nitrogens with one attached hydrogen (secondary N) is 1. The molecule has 0 aliphatic carbocycles. The third kappa shape index (κ3) is 4.15. The van der Waals surface area contributed by atoms with Gasteiger partial charge in [-0.3, -0.25) is 14.9 Å². The van der Waals surface area contributed by atoms with Crippen LogP contribution in [0.5, 0.6) is 0 Å². The van der Waals surface area contributed by atoms with Gasteiger partial charge >= 0.3 is 0 Å². The molecule has 1 aliphatic rings. The Labute approximate surface area is 137 Å². The van der Waals surface area contributed by atoms with Crippen molar-refractivity contribution in [3.05, 3.63) is 38.3 Å². The molecule has 1 unspecified atom stereocenters. The van der Waals surface area contributed by atoms with Crippen molar-refractivity contribution in [2.45, 2.75) is 18.9 Å². The number of hydrogen-bond acceptors (Lipinski definition) is 4. The number of carbonyl (C=O) groups is 1. The van der Waals surface area contributed by atoms with E-state index in [1.807, 2.05) is 7.05 Å². The van der Waals surface area contributed by atoms with E-state index in [1.54, 1.807) is 11.0 Å². The molecular formula is C13H17BrClN3O3. The Hall–Kier alpha value is -1.18. The SMILES string of the molecule is CNC1CCCN(C(=O)c2ccc(Br)cc2[N+](=O)[O-])C1.Cl. The van der Waals surface area contributed by atoms with Gasteiger partial charge in [0.05, 0.1) is 4.92 Å². The largest absolute Gasteiger partial charge is 0.337 e. The lowest BCUT2D eigenvalue weighted by Gasteiger charge is -2.32.